The summed E-state index contributed by atoms with van der Waals surface area (Å²) in [5.41, 5.74) is 5.34. The molecule has 1 atom stereocenters. The second kappa shape index (κ2) is 11.5. The number of aromatic nitrogens is 3. The molecule has 3 N–H and O–H groups in total. The van der Waals surface area contributed by atoms with Gasteiger partial charge in [-0.3, -0.25) is 19.7 Å². The molecule has 1 saturated heterocycles. The van der Waals surface area contributed by atoms with E-state index in [0.29, 0.717) is 55.9 Å². The van der Waals surface area contributed by atoms with Gasteiger partial charge in [0.1, 0.15) is 15.6 Å². The molecular formula is C29H22N6O5S2. The first-order valence-corrected chi connectivity index (χ1v) is 14.3. The summed E-state index contributed by atoms with van der Waals surface area (Å²) in [6, 6.07) is 19.3. The van der Waals surface area contributed by atoms with Crippen LogP contribution in [-0.4, -0.2) is 46.2 Å². The average molecular weight is 599 g/mol. The highest BCUT2D eigenvalue weighted by molar-refractivity contribution is 8.15. The average Bonchev–Trinajstić information content (AvgIpc) is 3.63. The Balaban J connectivity index is 1.24. The van der Waals surface area contributed by atoms with Crippen molar-refractivity contribution in [3.8, 4) is 22.9 Å². The number of carbonyl (C=O) groups excluding carboxylic acids is 3. The summed E-state index contributed by atoms with van der Waals surface area (Å²) in [7, 11) is 3.14. The first-order valence-electron chi connectivity index (χ1n) is 12.6. The zero-order valence-electron chi connectivity index (χ0n) is 22.2. The lowest BCUT2D eigenvalue weighted by atomic mass is 10.1. The van der Waals surface area contributed by atoms with Gasteiger partial charge in [-0.15, -0.1) is 11.3 Å². The van der Waals surface area contributed by atoms with Crippen LogP contribution in [0.5, 0.6) is 11.5 Å². The fourth-order valence-electron chi connectivity index (χ4n) is 4.35. The van der Waals surface area contributed by atoms with Crippen molar-refractivity contribution in [1.82, 2.24) is 20.3 Å². The maximum atomic E-state index is 13.1. The van der Waals surface area contributed by atoms with E-state index in [1.54, 1.807) is 74.3 Å². The number of thioether (sulfide) groups is 1. The van der Waals surface area contributed by atoms with E-state index in [1.807, 2.05) is 12.1 Å². The summed E-state index contributed by atoms with van der Waals surface area (Å²) in [5.74, 6) is 1.44. The highest BCUT2D eigenvalue weighted by Crippen LogP contribution is 2.35. The van der Waals surface area contributed by atoms with Crippen molar-refractivity contribution in [3.63, 3.8) is 0 Å². The number of rotatable bonds is 8. The van der Waals surface area contributed by atoms with Crippen molar-refractivity contribution in [2.75, 3.05) is 24.9 Å². The van der Waals surface area contributed by atoms with Gasteiger partial charge in [-0.05, 0) is 53.7 Å². The molecule has 0 saturated carbocycles. The number of nitrogens with zero attached hydrogens (tertiary/aromatic N) is 3. The van der Waals surface area contributed by atoms with Gasteiger partial charge in [0.25, 0.3) is 11.1 Å². The van der Waals surface area contributed by atoms with E-state index in [-0.39, 0.29) is 17.1 Å². The number of imide groups is 1. The van der Waals surface area contributed by atoms with Crippen molar-refractivity contribution in [2.24, 2.45) is 0 Å². The molecule has 42 heavy (non-hydrogen) atoms. The van der Waals surface area contributed by atoms with Gasteiger partial charge in [0.2, 0.25) is 5.91 Å². The van der Waals surface area contributed by atoms with E-state index in [2.05, 4.69) is 25.9 Å². The molecule has 3 amide bonds. The number of carbonyl (C=O) groups is 3. The number of benzene rings is 3. The van der Waals surface area contributed by atoms with Crippen molar-refractivity contribution in [2.45, 2.75) is 5.25 Å². The number of amides is 3. The Morgan fingerprint density at radius 1 is 0.929 bits per heavy atom. The van der Waals surface area contributed by atoms with Crippen LogP contribution in [0.2, 0.25) is 0 Å². The van der Waals surface area contributed by atoms with E-state index in [1.165, 1.54) is 11.3 Å². The molecule has 0 spiro atoms. The fourth-order valence-corrected chi connectivity index (χ4v) is 5.84. The summed E-state index contributed by atoms with van der Waals surface area (Å²) in [6.07, 6.45) is 0. The van der Waals surface area contributed by atoms with Crippen LogP contribution in [0.15, 0.2) is 72.2 Å². The van der Waals surface area contributed by atoms with Gasteiger partial charge < -0.3 is 20.1 Å². The minimum Gasteiger partial charge on any atom is -0.493 e. The molecule has 5 aromatic rings. The molecule has 210 valence electrons. The number of fused-ring (bicyclic) bond motifs is 1. The number of hydrogen-bond donors (Lipinski definition) is 3. The van der Waals surface area contributed by atoms with Crippen molar-refractivity contribution in [3.05, 3.63) is 83.4 Å². The lowest BCUT2D eigenvalue weighted by Crippen LogP contribution is -2.20. The van der Waals surface area contributed by atoms with Crippen LogP contribution < -0.4 is 25.4 Å². The van der Waals surface area contributed by atoms with Gasteiger partial charge in [-0.1, -0.05) is 24.3 Å². The van der Waals surface area contributed by atoms with Crippen LogP contribution in [0, 0.1) is 0 Å². The number of ether oxygens (including phenoxy) is 2. The highest BCUT2D eigenvalue weighted by Gasteiger charge is 2.32. The third kappa shape index (κ3) is 5.47. The van der Waals surface area contributed by atoms with E-state index in [0.717, 1.165) is 17.4 Å². The molecule has 1 aliphatic rings. The summed E-state index contributed by atoms with van der Waals surface area (Å²) in [6.45, 7) is 0. The van der Waals surface area contributed by atoms with Gasteiger partial charge in [-0.2, -0.15) is 0 Å². The lowest BCUT2D eigenvalue weighted by Gasteiger charge is -2.12. The molecule has 1 unspecified atom stereocenters. The molecule has 2 aromatic heterocycles. The molecule has 1 fully saturated rings. The standard InChI is InChI=1S/C29H22N6O5S2/c1-39-20-11-10-19(13-21(20)40-2)31-25-22-28(41-14-30-22)34-24(33-25)16-4-3-5-17(12-16)26(36)32-18-8-6-15(7-9-18)23-27(37)35-29(38)42-23/h3-14,23H,1-2H3,(H,32,36)(H,31,33,34)(H,35,37,38). The quantitative estimate of drug-likeness (QED) is 0.201. The Kier molecular flexibility index (Phi) is 7.42. The molecule has 3 aromatic carbocycles. The number of hydrogen-bond acceptors (Lipinski definition) is 11. The largest absolute Gasteiger partial charge is 0.493 e. The Labute approximate surface area is 247 Å². The Bertz CT molecular complexity index is 1840. The maximum Gasteiger partial charge on any atom is 0.286 e. The number of thiazole rings is 1. The molecule has 13 heteroatoms. The van der Waals surface area contributed by atoms with E-state index in [4.69, 9.17) is 14.5 Å². The molecule has 0 aliphatic carbocycles. The maximum absolute atomic E-state index is 13.1. The molecular weight excluding hydrogens is 576 g/mol. The van der Waals surface area contributed by atoms with Gasteiger partial charge in [0.15, 0.2) is 23.1 Å². The monoisotopic (exact) mass is 598 g/mol. The van der Waals surface area contributed by atoms with Crippen LogP contribution in [0.3, 0.4) is 0 Å². The van der Waals surface area contributed by atoms with Crippen LogP contribution in [-0.2, 0) is 4.79 Å². The van der Waals surface area contributed by atoms with Crippen LogP contribution in [0.25, 0.3) is 21.7 Å². The van der Waals surface area contributed by atoms with E-state index < -0.39 is 5.25 Å². The number of nitrogens with one attached hydrogen (secondary N) is 3. The minimum absolute atomic E-state index is 0.324. The molecule has 11 nitrogen and oxygen atoms in total. The lowest BCUT2D eigenvalue weighted by molar-refractivity contribution is -0.119. The molecule has 0 bridgehead atoms. The zero-order valence-corrected chi connectivity index (χ0v) is 23.8. The molecule has 3 heterocycles. The third-order valence-corrected chi connectivity index (χ3v) is 8.14. The first-order chi connectivity index (χ1) is 20.4. The van der Waals surface area contributed by atoms with E-state index >= 15 is 0 Å². The highest BCUT2D eigenvalue weighted by atomic mass is 32.2. The summed E-state index contributed by atoms with van der Waals surface area (Å²) < 4.78 is 10.7. The van der Waals surface area contributed by atoms with Gasteiger partial charge in [0, 0.05) is 28.6 Å². The summed E-state index contributed by atoms with van der Waals surface area (Å²) >= 11 is 2.32. The molecule has 1 aliphatic heterocycles. The van der Waals surface area contributed by atoms with Crippen LogP contribution in [0.1, 0.15) is 21.2 Å². The second-order valence-corrected chi connectivity index (χ2v) is 10.9. The normalized spacial score (nSPS) is 14.5. The minimum atomic E-state index is -0.596. The van der Waals surface area contributed by atoms with Gasteiger partial charge >= 0.3 is 0 Å². The molecule has 0 radical (unpaired) electrons. The number of anilines is 3. The van der Waals surface area contributed by atoms with Crippen LogP contribution in [0.4, 0.5) is 22.0 Å². The summed E-state index contributed by atoms with van der Waals surface area (Å²) in [5, 5.41) is 7.48. The van der Waals surface area contributed by atoms with Gasteiger partial charge in [0.05, 0.1) is 19.7 Å². The second-order valence-electron chi connectivity index (χ2n) is 9.03. The van der Waals surface area contributed by atoms with Crippen molar-refractivity contribution < 1.29 is 23.9 Å². The zero-order chi connectivity index (χ0) is 29.2. The third-order valence-electron chi connectivity index (χ3n) is 6.39. The predicted octanol–water partition coefficient (Wildman–Crippen LogP) is 5.79. The topological polar surface area (TPSA) is 144 Å². The van der Waals surface area contributed by atoms with Gasteiger partial charge in [-0.25, -0.2) is 15.0 Å². The SMILES string of the molecule is COc1ccc(Nc2nc(-c3cccc(C(=O)Nc4ccc(C5SC(=O)NC5=O)cc4)c3)nc3scnc23)cc1OC. The summed E-state index contributed by atoms with van der Waals surface area (Å²) in [4.78, 5) is 51.1. The smallest absolute Gasteiger partial charge is 0.286 e. The van der Waals surface area contributed by atoms with E-state index in [9.17, 15) is 14.4 Å². The first kappa shape index (κ1) is 27.2. The fraction of sp³-hybridized carbons (Fsp3) is 0.103. The predicted molar refractivity (Wildman–Crippen MR) is 162 cm³/mol. The Morgan fingerprint density at radius 3 is 2.45 bits per heavy atom. The molecule has 6 rings (SSSR count). The van der Waals surface area contributed by atoms with Crippen LogP contribution >= 0.6 is 23.1 Å². The van der Waals surface area contributed by atoms with Crippen molar-refractivity contribution >= 4 is 67.7 Å². The number of methoxy groups -OCH3 is 2. The van der Waals surface area contributed by atoms with Crippen molar-refractivity contribution in [1.29, 1.82) is 0 Å². The Morgan fingerprint density at radius 2 is 1.71 bits per heavy atom. The Hall–Kier alpha value is -5.01.